The number of fused-ring (bicyclic) bond motifs is 1. The van der Waals surface area contributed by atoms with Gasteiger partial charge in [-0.15, -0.1) is 0 Å². The molecule has 4 nitrogen and oxygen atoms in total. The van der Waals surface area contributed by atoms with Crippen molar-refractivity contribution in [2.75, 3.05) is 0 Å². The number of phenols is 1. The number of hydrogen-bond donors (Lipinski definition) is 1. The summed E-state index contributed by atoms with van der Waals surface area (Å²) in [6.07, 6.45) is 3.43. The van der Waals surface area contributed by atoms with Gasteiger partial charge < -0.3 is 5.11 Å². The molecule has 0 fully saturated rings. The molecule has 0 saturated heterocycles. The summed E-state index contributed by atoms with van der Waals surface area (Å²) in [5.41, 5.74) is 1.59. The Kier molecular flexibility index (Phi) is 3.36. The molecule has 1 heterocycles. The molecule has 4 heteroatoms. The van der Waals surface area contributed by atoms with E-state index in [9.17, 15) is 9.90 Å². The van der Waals surface area contributed by atoms with E-state index < -0.39 is 5.92 Å². The van der Waals surface area contributed by atoms with Crippen molar-refractivity contribution in [1.82, 2.24) is 0 Å². The molecule has 2 aromatic carbocycles. The normalized spacial score (nSPS) is 17.2. The maximum absolute atomic E-state index is 12.1. The summed E-state index contributed by atoms with van der Waals surface area (Å²) < 4.78 is 0. The van der Waals surface area contributed by atoms with Crippen molar-refractivity contribution in [3.8, 4) is 5.75 Å². The number of benzene rings is 2. The van der Waals surface area contributed by atoms with Crippen LogP contribution < -0.4 is 10.6 Å². The van der Waals surface area contributed by atoms with Gasteiger partial charge in [0.1, 0.15) is 5.75 Å². The Bertz CT molecular complexity index is 853. The van der Waals surface area contributed by atoms with Gasteiger partial charge in [0.2, 0.25) is 0 Å². The first-order chi connectivity index (χ1) is 10.1. The monoisotopic (exact) mass is 278 g/mol. The lowest BCUT2D eigenvalue weighted by molar-refractivity contribution is -0.118. The van der Waals surface area contributed by atoms with Crippen LogP contribution in [-0.2, 0) is 4.79 Å². The number of carbonyl (C=O) groups excluding carboxylic acids is 1. The standard InChI is InChI=1S/C17H14N2O2/c1-11-4-2-5-12-8-13(17(21)19-16(11)12)10-18-14-6-3-7-15(20)9-14/h2-10,13,20H,1H3. The minimum absolute atomic E-state index is 0.147. The Morgan fingerprint density at radius 2 is 2.05 bits per heavy atom. The second-order valence-corrected chi connectivity index (χ2v) is 4.95. The minimum atomic E-state index is -0.471. The van der Waals surface area contributed by atoms with Gasteiger partial charge in [0.25, 0.3) is 5.91 Å². The van der Waals surface area contributed by atoms with E-state index in [4.69, 9.17) is 0 Å². The lowest BCUT2D eigenvalue weighted by Gasteiger charge is -2.08. The van der Waals surface area contributed by atoms with Crippen LogP contribution in [0.3, 0.4) is 0 Å². The van der Waals surface area contributed by atoms with Gasteiger partial charge >= 0.3 is 0 Å². The van der Waals surface area contributed by atoms with E-state index in [1.807, 2.05) is 31.2 Å². The summed E-state index contributed by atoms with van der Waals surface area (Å²) >= 11 is 0. The zero-order valence-corrected chi connectivity index (χ0v) is 11.5. The van der Waals surface area contributed by atoms with E-state index in [0.717, 1.165) is 16.1 Å². The molecule has 104 valence electrons. The second kappa shape index (κ2) is 5.32. The molecule has 2 aromatic rings. The van der Waals surface area contributed by atoms with Crippen molar-refractivity contribution in [2.45, 2.75) is 6.92 Å². The highest BCUT2D eigenvalue weighted by Gasteiger charge is 2.16. The number of aryl methyl sites for hydroxylation is 1. The molecule has 1 atom stereocenters. The zero-order valence-electron chi connectivity index (χ0n) is 11.5. The molecular formula is C17H14N2O2. The summed E-state index contributed by atoms with van der Waals surface area (Å²) in [6.45, 7) is 1.94. The fourth-order valence-electron chi connectivity index (χ4n) is 2.26. The first-order valence-electron chi connectivity index (χ1n) is 6.67. The summed E-state index contributed by atoms with van der Waals surface area (Å²) in [5.74, 6) is -0.545. The van der Waals surface area contributed by atoms with Gasteiger partial charge in [-0.1, -0.05) is 30.3 Å². The highest BCUT2D eigenvalue weighted by Crippen LogP contribution is 2.18. The smallest absolute Gasteiger partial charge is 0.258 e. The summed E-state index contributed by atoms with van der Waals surface area (Å²) in [7, 11) is 0. The van der Waals surface area contributed by atoms with Crippen LogP contribution in [0.25, 0.3) is 6.08 Å². The van der Waals surface area contributed by atoms with Crippen LogP contribution in [0.5, 0.6) is 5.75 Å². The Balaban J connectivity index is 1.96. The summed E-state index contributed by atoms with van der Waals surface area (Å²) in [6, 6.07) is 12.4. The van der Waals surface area contributed by atoms with Crippen molar-refractivity contribution < 1.29 is 9.90 Å². The maximum Gasteiger partial charge on any atom is 0.258 e. The number of phenolic OH excluding ortho intramolecular Hbond substituents is 1. The molecule has 1 amide bonds. The van der Waals surface area contributed by atoms with Crippen LogP contribution in [-0.4, -0.2) is 17.2 Å². The van der Waals surface area contributed by atoms with Crippen LogP contribution >= 0.6 is 0 Å². The number of aliphatic imine (C=N–C) groups is 1. The third-order valence-electron chi connectivity index (χ3n) is 3.35. The zero-order chi connectivity index (χ0) is 14.8. The number of carbonyl (C=O) groups is 1. The van der Waals surface area contributed by atoms with E-state index in [2.05, 4.69) is 9.98 Å². The third-order valence-corrected chi connectivity index (χ3v) is 3.35. The van der Waals surface area contributed by atoms with Crippen molar-refractivity contribution in [3.63, 3.8) is 0 Å². The van der Waals surface area contributed by atoms with Gasteiger partial charge in [-0.2, -0.15) is 0 Å². The van der Waals surface area contributed by atoms with Crippen LogP contribution in [0.1, 0.15) is 5.56 Å². The SMILES string of the molecule is Cc1cccc2c1=NC(=O)C(C=Nc1cccc(O)c1)C=2. The first kappa shape index (κ1) is 13.2. The Hall–Kier alpha value is -2.75. The highest BCUT2D eigenvalue weighted by molar-refractivity contribution is 6.01. The molecule has 0 spiro atoms. The first-order valence-corrected chi connectivity index (χ1v) is 6.67. The van der Waals surface area contributed by atoms with Gasteiger partial charge in [-0.05, 0) is 29.8 Å². The summed E-state index contributed by atoms with van der Waals surface area (Å²) in [4.78, 5) is 20.4. The molecule has 0 aliphatic carbocycles. The van der Waals surface area contributed by atoms with Crippen molar-refractivity contribution >= 4 is 23.9 Å². The molecule has 0 saturated carbocycles. The number of amides is 1. The summed E-state index contributed by atoms with van der Waals surface area (Å²) in [5, 5.41) is 11.1. The molecule has 1 unspecified atom stereocenters. The molecule has 1 aliphatic rings. The predicted molar refractivity (Wildman–Crippen MR) is 81.2 cm³/mol. The Morgan fingerprint density at radius 3 is 2.86 bits per heavy atom. The molecule has 1 N–H and O–H groups in total. The largest absolute Gasteiger partial charge is 0.508 e. The van der Waals surface area contributed by atoms with Crippen LogP contribution in [0.15, 0.2) is 52.4 Å². The second-order valence-electron chi connectivity index (χ2n) is 4.95. The molecule has 0 aromatic heterocycles. The van der Waals surface area contributed by atoms with Gasteiger partial charge in [0, 0.05) is 12.3 Å². The number of nitrogens with zero attached hydrogens (tertiary/aromatic N) is 2. The number of rotatable bonds is 2. The topological polar surface area (TPSA) is 62.0 Å². The third kappa shape index (κ3) is 2.74. The van der Waals surface area contributed by atoms with E-state index in [1.165, 1.54) is 0 Å². The molecular weight excluding hydrogens is 264 g/mol. The van der Waals surface area contributed by atoms with Gasteiger partial charge in [-0.25, -0.2) is 4.99 Å². The average molecular weight is 278 g/mol. The quantitative estimate of drug-likeness (QED) is 0.849. The number of para-hydroxylation sites is 1. The van der Waals surface area contributed by atoms with Gasteiger partial charge in [-0.3, -0.25) is 9.79 Å². The van der Waals surface area contributed by atoms with E-state index in [-0.39, 0.29) is 11.7 Å². The van der Waals surface area contributed by atoms with Crippen LogP contribution in [0.4, 0.5) is 5.69 Å². The van der Waals surface area contributed by atoms with Crippen LogP contribution in [0, 0.1) is 12.8 Å². The molecule has 21 heavy (non-hydrogen) atoms. The van der Waals surface area contributed by atoms with E-state index in [0.29, 0.717) is 5.69 Å². The van der Waals surface area contributed by atoms with Crippen molar-refractivity contribution in [1.29, 1.82) is 0 Å². The minimum Gasteiger partial charge on any atom is -0.508 e. The fraction of sp³-hybridized carbons (Fsp3) is 0.118. The lowest BCUT2D eigenvalue weighted by Crippen LogP contribution is -2.35. The predicted octanol–water partition coefficient (Wildman–Crippen LogP) is 1.66. The van der Waals surface area contributed by atoms with Crippen LogP contribution in [0.2, 0.25) is 0 Å². The van der Waals surface area contributed by atoms with Gasteiger partial charge in [0.05, 0.1) is 17.0 Å². The average Bonchev–Trinajstić information content (AvgIpc) is 2.46. The number of aromatic hydroxyl groups is 1. The number of hydrogen-bond acceptors (Lipinski definition) is 3. The Morgan fingerprint density at radius 1 is 1.24 bits per heavy atom. The fourth-order valence-corrected chi connectivity index (χ4v) is 2.26. The molecule has 3 rings (SSSR count). The van der Waals surface area contributed by atoms with E-state index >= 15 is 0 Å². The highest BCUT2D eigenvalue weighted by atomic mass is 16.3. The maximum atomic E-state index is 12.1. The lowest BCUT2D eigenvalue weighted by atomic mass is 10.0. The van der Waals surface area contributed by atoms with Crippen molar-refractivity contribution in [3.05, 3.63) is 58.6 Å². The van der Waals surface area contributed by atoms with E-state index in [1.54, 1.807) is 30.5 Å². The molecule has 1 aliphatic heterocycles. The van der Waals surface area contributed by atoms with Crippen molar-refractivity contribution in [2.24, 2.45) is 15.9 Å². The molecule has 0 bridgehead atoms. The Labute approximate surface area is 121 Å². The molecule has 0 radical (unpaired) electrons. The van der Waals surface area contributed by atoms with Gasteiger partial charge in [0.15, 0.2) is 0 Å².